The maximum atomic E-state index is 12.3. The molecule has 2 aromatic heterocycles. The minimum absolute atomic E-state index is 0.0796. The van der Waals surface area contributed by atoms with Crippen molar-refractivity contribution in [3.63, 3.8) is 0 Å². The number of carbonyl (C=O) groups excluding carboxylic acids is 1. The van der Waals surface area contributed by atoms with Gasteiger partial charge in [0.25, 0.3) is 0 Å². The summed E-state index contributed by atoms with van der Waals surface area (Å²) in [5, 5.41) is 0.768. The van der Waals surface area contributed by atoms with Gasteiger partial charge in [0.1, 0.15) is 5.76 Å². The Bertz CT molecular complexity index is 664. The maximum Gasteiger partial charge on any atom is 0.233 e. The number of hydrogen-bond donors (Lipinski definition) is 0. The van der Waals surface area contributed by atoms with Crippen LogP contribution in [0.15, 0.2) is 16.7 Å². The summed E-state index contributed by atoms with van der Waals surface area (Å²) in [7, 11) is 1.80. The molecule has 0 unspecified atom stereocenters. The Labute approximate surface area is 122 Å². The third-order valence-corrected chi connectivity index (χ3v) is 4.69. The van der Waals surface area contributed by atoms with Gasteiger partial charge in [-0.1, -0.05) is 20.8 Å². The van der Waals surface area contributed by atoms with E-state index in [0.717, 1.165) is 35.0 Å². The van der Waals surface area contributed by atoms with Crippen molar-refractivity contribution >= 4 is 22.4 Å². The van der Waals surface area contributed by atoms with Crippen LogP contribution in [0, 0.1) is 5.41 Å². The lowest BCUT2D eigenvalue weighted by molar-refractivity contribution is -0.125. The second-order valence-electron chi connectivity index (χ2n) is 6.14. The molecule has 2 aromatic rings. The van der Waals surface area contributed by atoms with Crippen LogP contribution >= 0.6 is 11.3 Å². The van der Waals surface area contributed by atoms with Crippen molar-refractivity contribution in [1.82, 2.24) is 4.98 Å². The minimum Gasteiger partial charge on any atom is -0.469 e. The van der Waals surface area contributed by atoms with Crippen molar-refractivity contribution in [1.29, 1.82) is 0 Å². The monoisotopic (exact) mass is 290 g/mol. The van der Waals surface area contributed by atoms with Gasteiger partial charge in [-0.15, -0.1) is 11.3 Å². The Balaban J connectivity index is 1.98. The molecule has 0 atom stereocenters. The molecule has 5 heteroatoms. The molecule has 0 aromatic carbocycles. The van der Waals surface area contributed by atoms with Crippen molar-refractivity contribution in [2.24, 2.45) is 5.41 Å². The summed E-state index contributed by atoms with van der Waals surface area (Å²) in [6.45, 7) is 5.77. The third-order valence-electron chi connectivity index (χ3n) is 3.50. The van der Waals surface area contributed by atoms with Crippen molar-refractivity contribution in [3.05, 3.63) is 23.0 Å². The topological polar surface area (TPSA) is 46.3 Å². The van der Waals surface area contributed by atoms with E-state index in [9.17, 15) is 4.79 Å². The van der Waals surface area contributed by atoms with Gasteiger partial charge in [0.05, 0.1) is 12.0 Å². The first kappa shape index (κ1) is 13.4. The zero-order valence-corrected chi connectivity index (χ0v) is 13.0. The van der Waals surface area contributed by atoms with Crippen LogP contribution in [0.5, 0.6) is 0 Å². The summed E-state index contributed by atoms with van der Waals surface area (Å²) >= 11 is 1.61. The molecule has 4 nitrogen and oxygen atoms in total. The van der Waals surface area contributed by atoms with Gasteiger partial charge in [-0.25, -0.2) is 4.98 Å². The molecule has 106 valence electrons. The fraction of sp³-hybridized carbons (Fsp3) is 0.467. The number of anilines is 1. The van der Waals surface area contributed by atoms with Crippen LogP contribution in [0.3, 0.4) is 0 Å². The number of hydrogen-bond acceptors (Lipinski definition) is 4. The number of furan rings is 1. The summed E-state index contributed by atoms with van der Waals surface area (Å²) in [6.07, 6.45) is 3.56. The second kappa shape index (κ2) is 4.45. The van der Waals surface area contributed by atoms with Crippen LogP contribution < -0.4 is 4.90 Å². The van der Waals surface area contributed by atoms with E-state index in [2.05, 4.69) is 4.98 Å². The molecule has 0 radical (unpaired) electrons. The molecule has 3 rings (SSSR count). The van der Waals surface area contributed by atoms with Crippen LogP contribution in [-0.4, -0.2) is 17.9 Å². The lowest BCUT2D eigenvalue weighted by atomic mass is 9.95. The SMILES string of the molecule is CN(C(=O)C(C)(C)C)c1nc2c(s1)CCc1occc1-2. The predicted octanol–water partition coefficient (Wildman–Crippen LogP) is 3.51. The van der Waals surface area contributed by atoms with Crippen LogP contribution in [-0.2, 0) is 17.6 Å². The molecule has 1 amide bonds. The lowest BCUT2D eigenvalue weighted by Crippen LogP contribution is -2.36. The summed E-state index contributed by atoms with van der Waals surface area (Å²) in [4.78, 5) is 19.9. The number of aryl methyl sites for hydroxylation is 2. The van der Waals surface area contributed by atoms with Gasteiger partial charge in [-0.05, 0) is 12.5 Å². The fourth-order valence-electron chi connectivity index (χ4n) is 2.42. The quantitative estimate of drug-likeness (QED) is 0.807. The molecular formula is C15H18N2O2S. The van der Waals surface area contributed by atoms with Crippen molar-refractivity contribution in [3.8, 4) is 11.3 Å². The van der Waals surface area contributed by atoms with Gasteiger partial charge in [0.2, 0.25) is 5.91 Å². The minimum atomic E-state index is -0.401. The first-order valence-corrected chi connectivity index (χ1v) is 7.54. The van der Waals surface area contributed by atoms with E-state index >= 15 is 0 Å². The lowest BCUT2D eigenvalue weighted by Gasteiger charge is -2.23. The molecule has 0 bridgehead atoms. The predicted molar refractivity (Wildman–Crippen MR) is 80.1 cm³/mol. The Morgan fingerprint density at radius 3 is 2.85 bits per heavy atom. The first-order chi connectivity index (χ1) is 9.38. The zero-order valence-electron chi connectivity index (χ0n) is 12.2. The highest BCUT2D eigenvalue weighted by Crippen LogP contribution is 2.40. The third kappa shape index (κ3) is 2.06. The molecule has 1 aliphatic carbocycles. The molecule has 0 aliphatic heterocycles. The Hall–Kier alpha value is -1.62. The van der Waals surface area contributed by atoms with E-state index in [1.54, 1.807) is 29.5 Å². The molecule has 20 heavy (non-hydrogen) atoms. The van der Waals surface area contributed by atoms with Crippen molar-refractivity contribution < 1.29 is 9.21 Å². The van der Waals surface area contributed by atoms with E-state index in [1.807, 2.05) is 26.8 Å². The number of rotatable bonds is 1. The molecule has 0 spiro atoms. The summed E-state index contributed by atoms with van der Waals surface area (Å²) in [5.41, 5.74) is 1.65. The number of amides is 1. The number of carbonyl (C=O) groups is 1. The second-order valence-corrected chi connectivity index (χ2v) is 7.20. The van der Waals surface area contributed by atoms with Gasteiger partial charge in [-0.2, -0.15) is 0 Å². The van der Waals surface area contributed by atoms with E-state index in [1.165, 1.54) is 4.88 Å². The Morgan fingerprint density at radius 2 is 2.15 bits per heavy atom. The van der Waals surface area contributed by atoms with E-state index in [4.69, 9.17) is 4.42 Å². The normalized spacial score (nSPS) is 13.8. The van der Waals surface area contributed by atoms with Crippen LogP contribution in [0.25, 0.3) is 11.3 Å². The van der Waals surface area contributed by atoms with Crippen LogP contribution in [0.1, 0.15) is 31.4 Å². The average molecular weight is 290 g/mol. The molecule has 0 N–H and O–H groups in total. The highest BCUT2D eigenvalue weighted by atomic mass is 32.1. The highest BCUT2D eigenvalue weighted by molar-refractivity contribution is 7.16. The van der Waals surface area contributed by atoms with Gasteiger partial charge in [0, 0.05) is 29.3 Å². The molecule has 1 aliphatic rings. The fourth-order valence-corrected chi connectivity index (χ4v) is 3.46. The van der Waals surface area contributed by atoms with Gasteiger partial charge in [-0.3, -0.25) is 9.69 Å². The number of thiazole rings is 1. The van der Waals surface area contributed by atoms with E-state index in [0.29, 0.717) is 0 Å². The molecule has 0 saturated heterocycles. The van der Waals surface area contributed by atoms with Crippen molar-refractivity contribution in [2.45, 2.75) is 33.6 Å². The zero-order chi connectivity index (χ0) is 14.5. The smallest absolute Gasteiger partial charge is 0.233 e. The molecular weight excluding hydrogens is 272 g/mol. The van der Waals surface area contributed by atoms with E-state index in [-0.39, 0.29) is 5.91 Å². The van der Waals surface area contributed by atoms with Crippen molar-refractivity contribution in [2.75, 3.05) is 11.9 Å². The standard InChI is InChI=1S/C15H18N2O2S/c1-15(2,3)13(18)17(4)14-16-12-9-7-8-19-10(9)5-6-11(12)20-14/h7-8H,5-6H2,1-4H3. The largest absolute Gasteiger partial charge is 0.469 e. The van der Waals surface area contributed by atoms with Gasteiger partial charge in [0.15, 0.2) is 5.13 Å². The highest BCUT2D eigenvalue weighted by Gasteiger charge is 2.30. The first-order valence-electron chi connectivity index (χ1n) is 6.72. The molecule has 2 heterocycles. The molecule has 0 saturated carbocycles. The Morgan fingerprint density at radius 1 is 1.40 bits per heavy atom. The van der Waals surface area contributed by atoms with E-state index < -0.39 is 5.41 Å². The van der Waals surface area contributed by atoms with Crippen LogP contribution in [0.4, 0.5) is 5.13 Å². The number of fused-ring (bicyclic) bond motifs is 3. The number of nitrogens with zero attached hydrogens (tertiary/aromatic N) is 2. The summed E-state index contributed by atoms with van der Waals surface area (Å²) < 4.78 is 5.47. The maximum absolute atomic E-state index is 12.3. The average Bonchev–Trinajstić information content (AvgIpc) is 3.00. The van der Waals surface area contributed by atoms with Gasteiger partial charge >= 0.3 is 0 Å². The number of aromatic nitrogens is 1. The summed E-state index contributed by atoms with van der Waals surface area (Å²) in [5.74, 6) is 1.08. The summed E-state index contributed by atoms with van der Waals surface area (Å²) in [6, 6.07) is 1.96. The Kier molecular flexibility index (Phi) is 2.97. The van der Waals surface area contributed by atoms with Crippen LogP contribution in [0.2, 0.25) is 0 Å². The van der Waals surface area contributed by atoms with Gasteiger partial charge < -0.3 is 4.42 Å². The molecule has 0 fully saturated rings.